The van der Waals surface area contributed by atoms with Crippen LogP contribution in [-0.4, -0.2) is 75.1 Å². The van der Waals surface area contributed by atoms with Crippen LogP contribution >= 0.6 is 0 Å². The highest BCUT2D eigenvalue weighted by molar-refractivity contribution is 6.30. The summed E-state index contributed by atoms with van der Waals surface area (Å²) in [5.74, 6) is -3.26. The van der Waals surface area contributed by atoms with E-state index in [1.165, 1.54) is 24.1 Å². The Balaban J connectivity index is 1.49. The number of amides is 1. The molecule has 1 aliphatic heterocycles. The minimum atomic E-state index is -2.16. The number of aliphatic hydroxyl groups excluding tert-OH is 1. The second kappa shape index (κ2) is 10.5. The minimum absolute atomic E-state index is 0.0347. The van der Waals surface area contributed by atoms with Gasteiger partial charge in [-0.1, -0.05) is 42.5 Å². The molecule has 0 aromatic heterocycles. The number of aliphatic hydroxyl groups is 2. The van der Waals surface area contributed by atoms with Crippen LogP contribution < -0.4 is 10.6 Å². The summed E-state index contributed by atoms with van der Waals surface area (Å²) in [6.45, 7) is 1.62. The highest BCUT2D eigenvalue weighted by atomic mass is 16.7. The molecule has 3 aliphatic rings. The van der Waals surface area contributed by atoms with Crippen LogP contribution in [0.1, 0.15) is 68.8 Å². The molecule has 0 saturated carbocycles. The molecule has 1 amide bonds. The smallest absolute Gasteiger partial charge is 0.259 e. The number of nitrogens with two attached hydrogens (primary N) is 1. The number of likely N-dealkylation sites (N-methyl/N-ethyl adjacent to an activating group) is 1. The van der Waals surface area contributed by atoms with Crippen molar-refractivity contribution in [3.8, 4) is 11.5 Å². The lowest BCUT2D eigenvalue weighted by Gasteiger charge is -2.43. The zero-order valence-electron chi connectivity index (χ0n) is 23.6. The molecule has 6 rings (SSSR count). The highest BCUT2D eigenvalue weighted by Crippen LogP contribution is 2.52. The first kappa shape index (κ1) is 29.0. The SMILES string of the molecule is C[C@@H]1O[C@@H](O[C@H]2C[C@](O)(C(=O)N(C)c3ccccc3)Cc3c(O)c4c(c(O)c32)C(=O)c2ccccc2C4=O)C[C@H](N)[C@@H]1O. The summed E-state index contributed by atoms with van der Waals surface area (Å²) >= 11 is 0. The predicted octanol–water partition coefficient (Wildman–Crippen LogP) is 2.09. The molecule has 3 aromatic carbocycles. The highest BCUT2D eigenvalue weighted by Gasteiger charge is 2.51. The zero-order chi connectivity index (χ0) is 30.8. The maximum atomic E-state index is 13.9. The number of aromatic hydroxyl groups is 2. The van der Waals surface area contributed by atoms with Gasteiger partial charge in [-0.3, -0.25) is 14.4 Å². The fourth-order valence-electron chi connectivity index (χ4n) is 6.40. The molecule has 1 heterocycles. The maximum absolute atomic E-state index is 13.9. The quantitative estimate of drug-likeness (QED) is 0.222. The van der Waals surface area contributed by atoms with E-state index in [0.29, 0.717) is 5.69 Å². The molecule has 2 aliphatic carbocycles. The Labute approximate surface area is 247 Å². The molecule has 3 aromatic rings. The van der Waals surface area contributed by atoms with Gasteiger partial charge in [-0.2, -0.15) is 0 Å². The van der Waals surface area contributed by atoms with Gasteiger partial charge in [-0.25, -0.2) is 0 Å². The summed E-state index contributed by atoms with van der Waals surface area (Å²) in [7, 11) is 1.50. The van der Waals surface area contributed by atoms with Crippen molar-refractivity contribution >= 4 is 23.2 Å². The molecule has 0 unspecified atom stereocenters. The van der Waals surface area contributed by atoms with E-state index in [9.17, 15) is 34.8 Å². The summed E-state index contributed by atoms with van der Waals surface area (Å²) in [5, 5.41) is 45.4. The number of benzene rings is 3. The van der Waals surface area contributed by atoms with Crippen molar-refractivity contribution in [2.75, 3.05) is 11.9 Å². The van der Waals surface area contributed by atoms with Gasteiger partial charge in [0.2, 0.25) is 0 Å². The summed E-state index contributed by atoms with van der Waals surface area (Å²) < 4.78 is 12.0. The Morgan fingerprint density at radius 1 is 1.00 bits per heavy atom. The molecule has 6 N–H and O–H groups in total. The van der Waals surface area contributed by atoms with Crippen LogP contribution in [0.25, 0.3) is 0 Å². The lowest BCUT2D eigenvalue weighted by Crippen LogP contribution is -2.54. The lowest BCUT2D eigenvalue weighted by molar-refractivity contribution is -0.247. The molecule has 11 nitrogen and oxygen atoms in total. The number of phenolic OH excluding ortho intramolecular Hbond substituents is 2. The Kier molecular flexibility index (Phi) is 7.10. The fourth-order valence-corrected chi connectivity index (χ4v) is 6.40. The Morgan fingerprint density at radius 3 is 2.19 bits per heavy atom. The van der Waals surface area contributed by atoms with Crippen molar-refractivity contribution in [3.05, 3.63) is 88.0 Å². The Bertz CT molecular complexity index is 1630. The van der Waals surface area contributed by atoms with Crippen LogP contribution in [0.3, 0.4) is 0 Å². The van der Waals surface area contributed by atoms with Crippen molar-refractivity contribution in [2.45, 2.75) is 62.4 Å². The average Bonchev–Trinajstić information content (AvgIpc) is 2.99. The van der Waals surface area contributed by atoms with Gasteiger partial charge in [0, 0.05) is 60.3 Å². The van der Waals surface area contributed by atoms with Gasteiger partial charge in [-0.05, 0) is 19.1 Å². The maximum Gasteiger partial charge on any atom is 0.259 e. The van der Waals surface area contributed by atoms with E-state index in [1.807, 2.05) is 0 Å². The molecule has 0 spiro atoms. The summed E-state index contributed by atoms with van der Waals surface area (Å²) in [6, 6.07) is 14.0. The first-order valence-electron chi connectivity index (χ1n) is 14.0. The number of ether oxygens (including phenoxy) is 2. The number of rotatable bonds is 4. The third-order valence-corrected chi connectivity index (χ3v) is 8.69. The number of carbonyl (C=O) groups is 3. The number of fused-ring (bicyclic) bond motifs is 3. The minimum Gasteiger partial charge on any atom is -0.507 e. The van der Waals surface area contributed by atoms with E-state index in [0.717, 1.165) is 0 Å². The molecule has 224 valence electrons. The number of hydrogen-bond acceptors (Lipinski definition) is 10. The molecule has 1 saturated heterocycles. The Hall–Kier alpha value is -4.13. The van der Waals surface area contributed by atoms with Crippen LogP contribution in [0.15, 0.2) is 54.6 Å². The average molecular weight is 589 g/mol. The number of para-hydroxylation sites is 1. The number of anilines is 1. The first-order chi connectivity index (χ1) is 20.4. The van der Waals surface area contributed by atoms with Gasteiger partial charge >= 0.3 is 0 Å². The van der Waals surface area contributed by atoms with E-state index in [2.05, 4.69) is 0 Å². The molecule has 0 radical (unpaired) electrons. The van der Waals surface area contributed by atoms with Crippen molar-refractivity contribution in [3.63, 3.8) is 0 Å². The molecular weight excluding hydrogens is 556 g/mol. The molecule has 6 atom stereocenters. The first-order valence-corrected chi connectivity index (χ1v) is 14.0. The largest absolute Gasteiger partial charge is 0.507 e. The van der Waals surface area contributed by atoms with Crippen LogP contribution in [-0.2, 0) is 20.7 Å². The van der Waals surface area contributed by atoms with E-state index in [-0.39, 0.29) is 40.7 Å². The van der Waals surface area contributed by atoms with E-state index in [4.69, 9.17) is 15.2 Å². The number of nitrogens with zero attached hydrogens (tertiary/aromatic N) is 1. The topological polar surface area (TPSA) is 180 Å². The standard InChI is InChI=1S/C32H32N2O9/c1-15-26(35)20(33)12-22(42-15)43-21-14-32(41,31(40)34(2)16-8-4-3-5-9-16)13-19-23(21)30(39)25-24(29(19)38)27(36)17-10-6-7-11-18(17)28(25)37/h3-11,15,20-22,26,35,38-39,41H,12-14,33H2,1-2H3/t15-,20-,21-,22-,26+,32-/m0/s1. The predicted molar refractivity (Wildman–Crippen MR) is 153 cm³/mol. The van der Waals surface area contributed by atoms with Gasteiger partial charge in [0.25, 0.3) is 5.91 Å². The van der Waals surface area contributed by atoms with E-state index in [1.54, 1.807) is 49.4 Å². The van der Waals surface area contributed by atoms with Gasteiger partial charge in [0.15, 0.2) is 23.5 Å². The number of ketones is 2. The summed E-state index contributed by atoms with van der Waals surface area (Å²) in [6.07, 6.45) is -4.77. The second-order valence-electron chi connectivity index (χ2n) is 11.4. The van der Waals surface area contributed by atoms with Gasteiger partial charge < -0.3 is 40.5 Å². The van der Waals surface area contributed by atoms with Gasteiger partial charge in [0.1, 0.15) is 11.5 Å². The Morgan fingerprint density at radius 2 is 1.58 bits per heavy atom. The monoisotopic (exact) mass is 588 g/mol. The van der Waals surface area contributed by atoms with Crippen LogP contribution in [0.5, 0.6) is 11.5 Å². The summed E-state index contributed by atoms with van der Waals surface area (Å²) in [4.78, 5) is 42.2. The number of carbonyl (C=O) groups excluding carboxylic acids is 3. The molecule has 43 heavy (non-hydrogen) atoms. The van der Waals surface area contributed by atoms with Gasteiger partial charge in [0.05, 0.1) is 29.4 Å². The second-order valence-corrected chi connectivity index (χ2v) is 11.4. The van der Waals surface area contributed by atoms with Crippen LogP contribution in [0.4, 0.5) is 5.69 Å². The third-order valence-electron chi connectivity index (χ3n) is 8.69. The van der Waals surface area contributed by atoms with Crippen LogP contribution in [0.2, 0.25) is 0 Å². The van der Waals surface area contributed by atoms with E-state index >= 15 is 0 Å². The van der Waals surface area contributed by atoms with Crippen molar-refractivity contribution in [2.24, 2.45) is 5.73 Å². The molecule has 0 bridgehead atoms. The fraction of sp³-hybridized carbons (Fsp3) is 0.344. The van der Waals surface area contributed by atoms with Crippen LogP contribution in [0, 0.1) is 0 Å². The van der Waals surface area contributed by atoms with Crippen molar-refractivity contribution < 1.29 is 44.3 Å². The van der Waals surface area contributed by atoms with E-state index < -0.39 is 77.2 Å². The van der Waals surface area contributed by atoms with Crippen molar-refractivity contribution in [1.82, 2.24) is 0 Å². The normalized spacial score (nSPS) is 28.1. The molecule has 1 fully saturated rings. The molecular formula is C32H32N2O9. The lowest BCUT2D eigenvalue weighted by atomic mass is 9.72. The zero-order valence-corrected chi connectivity index (χ0v) is 23.6. The van der Waals surface area contributed by atoms with Gasteiger partial charge in [-0.15, -0.1) is 0 Å². The molecule has 11 heteroatoms. The van der Waals surface area contributed by atoms with Crippen molar-refractivity contribution in [1.29, 1.82) is 0 Å². The number of phenols is 2. The third kappa shape index (κ3) is 4.60. The summed E-state index contributed by atoms with van der Waals surface area (Å²) in [5.41, 5.74) is 3.65. The number of hydrogen-bond donors (Lipinski definition) is 5.